The van der Waals surface area contributed by atoms with Crippen molar-refractivity contribution in [2.45, 2.75) is 38.8 Å². The molecule has 4 rings (SSSR count). The van der Waals surface area contributed by atoms with E-state index in [9.17, 15) is 19.2 Å². The number of nitrogens with one attached hydrogen (secondary N) is 4. The number of halogens is 1. The van der Waals surface area contributed by atoms with E-state index in [-0.39, 0.29) is 28.4 Å². The lowest BCUT2D eigenvalue weighted by Crippen LogP contribution is -2.35. The zero-order valence-corrected chi connectivity index (χ0v) is 24.9. The summed E-state index contributed by atoms with van der Waals surface area (Å²) < 4.78 is 10.4. The van der Waals surface area contributed by atoms with Gasteiger partial charge in [-0.05, 0) is 57.0 Å². The summed E-state index contributed by atoms with van der Waals surface area (Å²) in [6.45, 7) is 5.57. The molecule has 0 bridgehead atoms. The number of hydrogen-bond donors (Lipinski definition) is 4. The van der Waals surface area contributed by atoms with E-state index >= 15 is 0 Å². The SMILES string of the molecule is COc1cc2[nH]c(=O)c(C(=O)Nc3cc(C(=O)NC(CCNC(=O)OC(C)(C)C)c4ccccc4)ccc3Cl)cc2cn1. The molecule has 0 aliphatic carbocycles. The summed E-state index contributed by atoms with van der Waals surface area (Å²) in [4.78, 5) is 57.9. The van der Waals surface area contributed by atoms with Gasteiger partial charge < -0.3 is 30.4 Å². The highest BCUT2D eigenvalue weighted by molar-refractivity contribution is 6.34. The van der Waals surface area contributed by atoms with Crippen molar-refractivity contribution >= 4 is 46.1 Å². The van der Waals surface area contributed by atoms with Crippen LogP contribution in [-0.2, 0) is 4.74 Å². The molecule has 4 N–H and O–H groups in total. The number of ether oxygens (including phenoxy) is 2. The molecule has 0 spiro atoms. The van der Waals surface area contributed by atoms with Crippen LogP contribution in [0.1, 0.15) is 59.5 Å². The maximum absolute atomic E-state index is 13.3. The summed E-state index contributed by atoms with van der Waals surface area (Å²) in [7, 11) is 1.46. The van der Waals surface area contributed by atoms with E-state index < -0.39 is 35.1 Å². The minimum Gasteiger partial charge on any atom is -0.481 e. The predicted octanol–water partition coefficient (Wildman–Crippen LogP) is 5.22. The maximum atomic E-state index is 13.3. The fraction of sp³-hybridized carbons (Fsp3) is 0.258. The molecule has 2 heterocycles. The van der Waals surface area contributed by atoms with Gasteiger partial charge in [0.25, 0.3) is 17.4 Å². The van der Waals surface area contributed by atoms with E-state index in [1.165, 1.54) is 37.6 Å². The van der Waals surface area contributed by atoms with Crippen LogP contribution >= 0.6 is 11.6 Å². The molecule has 0 radical (unpaired) electrons. The summed E-state index contributed by atoms with van der Waals surface area (Å²) in [6, 6.07) is 16.3. The average Bonchev–Trinajstić information content (AvgIpc) is 2.96. The van der Waals surface area contributed by atoms with E-state index in [2.05, 4.69) is 25.9 Å². The largest absolute Gasteiger partial charge is 0.481 e. The van der Waals surface area contributed by atoms with Gasteiger partial charge in [-0.15, -0.1) is 0 Å². The molecule has 2 aromatic carbocycles. The van der Waals surface area contributed by atoms with Gasteiger partial charge in [0.2, 0.25) is 5.88 Å². The van der Waals surface area contributed by atoms with Crippen molar-refractivity contribution in [2.24, 2.45) is 0 Å². The number of aromatic amines is 1. The lowest BCUT2D eigenvalue weighted by molar-refractivity contribution is 0.0526. The second-order valence-corrected chi connectivity index (χ2v) is 11.0. The van der Waals surface area contributed by atoms with Crippen LogP contribution in [0, 0.1) is 0 Å². The zero-order valence-electron chi connectivity index (χ0n) is 24.1. The minimum atomic E-state index is -0.714. The van der Waals surface area contributed by atoms with Crippen molar-refractivity contribution in [1.82, 2.24) is 20.6 Å². The zero-order chi connectivity index (χ0) is 31.1. The van der Waals surface area contributed by atoms with E-state index in [1.54, 1.807) is 26.8 Å². The number of anilines is 1. The van der Waals surface area contributed by atoms with Gasteiger partial charge in [-0.3, -0.25) is 14.4 Å². The first-order valence-electron chi connectivity index (χ1n) is 13.4. The quantitative estimate of drug-likeness (QED) is 0.204. The number of methoxy groups -OCH3 is 1. The second-order valence-electron chi connectivity index (χ2n) is 10.6. The highest BCUT2D eigenvalue weighted by Gasteiger charge is 2.20. The highest BCUT2D eigenvalue weighted by Crippen LogP contribution is 2.25. The fourth-order valence-corrected chi connectivity index (χ4v) is 4.36. The summed E-state index contributed by atoms with van der Waals surface area (Å²) in [6.07, 6.45) is 1.31. The molecule has 0 saturated carbocycles. The van der Waals surface area contributed by atoms with Crippen molar-refractivity contribution in [3.8, 4) is 5.88 Å². The molecule has 4 aromatic rings. The van der Waals surface area contributed by atoms with Crippen LogP contribution < -0.4 is 26.2 Å². The van der Waals surface area contributed by atoms with Crippen LogP contribution in [0.2, 0.25) is 5.02 Å². The summed E-state index contributed by atoms with van der Waals surface area (Å²) >= 11 is 6.34. The number of pyridine rings is 2. The third-order valence-corrected chi connectivity index (χ3v) is 6.57. The van der Waals surface area contributed by atoms with Gasteiger partial charge in [-0.25, -0.2) is 9.78 Å². The van der Waals surface area contributed by atoms with Gasteiger partial charge in [-0.1, -0.05) is 41.9 Å². The number of fused-ring (bicyclic) bond motifs is 1. The number of rotatable bonds is 9. The van der Waals surface area contributed by atoms with E-state index in [4.69, 9.17) is 21.1 Å². The Morgan fingerprint density at radius 3 is 2.47 bits per heavy atom. The van der Waals surface area contributed by atoms with Crippen LogP contribution in [0.15, 0.2) is 71.7 Å². The summed E-state index contributed by atoms with van der Waals surface area (Å²) in [5.74, 6) is -0.827. The van der Waals surface area contributed by atoms with Crippen molar-refractivity contribution in [1.29, 1.82) is 0 Å². The third kappa shape index (κ3) is 8.32. The molecule has 2 aromatic heterocycles. The van der Waals surface area contributed by atoms with Crippen LogP contribution in [0.25, 0.3) is 10.9 Å². The van der Waals surface area contributed by atoms with Gasteiger partial charge in [0.05, 0.1) is 29.4 Å². The molecule has 11 nitrogen and oxygen atoms in total. The number of amides is 3. The smallest absolute Gasteiger partial charge is 0.407 e. The first kappa shape index (κ1) is 31.0. The lowest BCUT2D eigenvalue weighted by Gasteiger charge is -2.22. The predicted molar refractivity (Wildman–Crippen MR) is 164 cm³/mol. The summed E-state index contributed by atoms with van der Waals surface area (Å²) in [5, 5.41) is 9.02. The van der Waals surface area contributed by atoms with Gasteiger partial charge in [-0.2, -0.15) is 0 Å². The topological polar surface area (TPSA) is 152 Å². The molecule has 1 atom stereocenters. The van der Waals surface area contributed by atoms with Crippen molar-refractivity contribution in [3.63, 3.8) is 0 Å². The molecular weight excluding hydrogens is 574 g/mol. The van der Waals surface area contributed by atoms with Gasteiger partial charge in [0, 0.05) is 29.8 Å². The van der Waals surface area contributed by atoms with Crippen LogP contribution in [0.5, 0.6) is 5.88 Å². The van der Waals surface area contributed by atoms with Crippen LogP contribution in [-0.4, -0.2) is 47.1 Å². The molecule has 12 heteroatoms. The lowest BCUT2D eigenvalue weighted by atomic mass is 10.0. The van der Waals surface area contributed by atoms with Crippen LogP contribution in [0.3, 0.4) is 0 Å². The number of hydrogen-bond acceptors (Lipinski definition) is 7. The molecule has 3 amide bonds. The van der Waals surface area contributed by atoms with Crippen molar-refractivity contribution in [3.05, 3.63) is 98.9 Å². The maximum Gasteiger partial charge on any atom is 0.407 e. The van der Waals surface area contributed by atoms with Crippen molar-refractivity contribution in [2.75, 3.05) is 19.0 Å². The van der Waals surface area contributed by atoms with Crippen molar-refractivity contribution < 1.29 is 23.9 Å². The molecule has 1 unspecified atom stereocenters. The molecule has 0 aliphatic heterocycles. The molecule has 0 saturated heterocycles. The molecule has 43 heavy (non-hydrogen) atoms. The van der Waals surface area contributed by atoms with E-state index in [0.29, 0.717) is 23.2 Å². The highest BCUT2D eigenvalue weighted by atomic mass is 35.5. The van der Waals surface area contributed by atoms with E-state index in [1.807, 2.05) is 30.3 Å². The molecular formula is C31H32ClN5O6. The minimum absolute atomic E-state index is 0.148. The first-order valence-corrected chi connectivity index (χ1v) is 13.8. The Balaban J connectivity index is 1.49. The van der Waals surface area contributed by atoms with Crippen LogP contribution in [0.4, 0.5) is 10.5 Å². The standard InChI is InChI=1S/C31H32ClN5O6/c1-31(2,3)43-30(41)33-13-12-23(18-8-6-5-7-9-18)35-27(38)19-10-11-22(32)25(15-19)37-29(40)21-14-20-17-34-26(42-4)16-24(20)36-28(21)39/h5-11,14-17,23H,12-13H2,1-4H3,(H,33,41)(H,35,38)(H,36,39)(H,37,40). The fourth-order valence-electron chi connectivity index (χ4n) is 4.19. The number of benzene rings is 2. The Kier molecular flexibility index (Phi) is 9.66. The Labute approximate surface area is 253 Å². The Hall–Kier alpha value is -4.90. The number of H-pyrrole nitrogens is 1. The Bertz CT molecular complexity index is 1700. The monoisotopic (exact) mass is 605 g/mol. The van der Waals surface area contributed by atoms with Gasteiger partial charge in [0.15, 0.2) is 0 Å². The van der Waals surface area contributed by atoms with Gasteiger partial charge in [0.1, 0.15) is 11.2 Å². The molecule has 0 fully saturated rings. The average molecular weight is 606 g/mol. The number of aromatic nitrogens is 2. The number of alkyl carbamates (subject to hydrolysis) is 1. The summed E-state index contributed by atoms with van der Waals surface area (Å²) in [5.41, 5.74) is 0.262. The van der Waals surface area contributed by atoms with E-state index in [0.717, 1.165) is 5.56 Å². The first-order chi connectivity index (χ1) is 20.4. The van der Waals surface area contributed by atoms with Gasteiger partial charge >= 0.3 is 6.09 Å². The Morgan fingerprint density at radius 2 is 1.77 bits per heavy atom. The number of carbonyl (C=O) groups excluding carboxylic acids is 3. The number of nitrogens with zero attached hydrogens (tertiary/aromatic N) is 1. The second kappa shape index (κ2) is 13.4. The Morgan fingerprint density at radius 1 is 1.02 bits per heavy atom. The third-order valence-electron chi connectivity index (χ3n) is 6.24. The number of carbonyl (C=O) groups is 3. The normalized spacial score (nSPS) is 11.8. The molecule has 0 aliphatic rings. The molecule has 224 valence electrons.